The van der Waals surface area contributed by atoms with Crippen molar-refractivity contribution in [2.75, 3.05) is 26.3 Å². The normalized spacial score (nSPS) is 21.4. The van der Waals surface area contributed by atoms with Gasteiger partial charge >= 0.3 is 0 Å². The topological polar surface area (TPSA) is 64.8 Å². The van der Waals surface area contributed by atoms with Crippen LogP contribution in [0.3, 0.4) is 0 Å². The number of nitrogens with two attached hydrogens (primary N) is 1. The average molecular weight is 292 g/mol. The second-order valence-electron chi connectivity index (χ2n) is 5.40. The number of likely N-dealkylation sites (tertiary alicyclic amines) is 1. The number of hydrogen-bond donors (Lipinski definition) is 1. The number of carbonyl (C=O) groups excluding carboxylic acids is 1. The van der Waals surface area contributed by atoms with Crippen molar-refractivity contribution in [2.45, 2.75) is 26.3 Å². The largest absolute Gasteiger partial charge is 0.490 e. The summed E-state index contributed by atoms with van der Waals surface area (Å²) in [5.74, 6) is 1.68. The second-order valence-corrected chi connectivity index (χ2v) is 5.40. The van der Waals surface area contributed by atoms with E-state index in [0.717, 1.165) is 13.0 Å². The van der Waals surface area contributed by atoms with E-state index in [1.807, 2.05) is 36.1 Å². The van der Waals surface area contributed by atoms with Crippen molar-refractivity contribution < 1.29 is 14.3 Å². The minimum absolute atomic E-state index is 0.00440. The van der Waals surface area contributed by atoms with E-state index in [-0.39, 0.29) is 18.6 Å². The molecule has 0 radical (unpaired) electrons. The molecule has 0 aliphatic carbocycles. The Labute approximate surface area is 126 Å². The molecule has 1 fully saturated rings. The van der Waals surface area contributed by atoms with Crippen molar-refractivity contribution >= 4 is 5.91 Å². The molecule has 21 heavy (non-hydrogen) atoms. The molecular weight excluding hydrogens is 268 g/mol. The lowest BCUT2D eigenvalue weighted by Crippen LogP contribution is -2.37. The molecule has 2 unspecified atom stereocenters. The van der Waals surface area contributed by atoms with Gasteiger partial charge in [-0.3, -0.25) is 4.79 Å². The summed E-state index contributed by atoms with van der Waals surface area (Å²) in [4.78, 5) is 14.1. The summed E-state index contributed by atoms with van der Waals surface area (Å²) in [6, 6.07) is 7.64. The van der Waals surface area contributed by atoms with Crippen LogP contribution in [0.25, 0.3) is 0 Å². The Morgan fingerprint density at radius 1 is 1.33 bits per heavy atom. The van der Waals surface area contributed by atoms with Crippen molar-refractivity contribution in [3.63, 3.8) is 0 Å². The van der Waals surface area contributed by atoms with Gasteiger partial charge in [0.2, 0.25) is 0 Å². The third kappa shape index (κ3) is 3.88. The van der Waals surface area contributed by atoms with Crippen LogP contribution in [0.1, 0.15) is 20.3 Å². The van der Waals surface area contributed by atoms with Crippen LogP contribution in [-0.4, -0.2) is 43.2 Å². The van der Waals surface area contributed by atoms with E-state index in [0.29, 0.717) is 30.6 Å². The maximum Gasteiger partial charge on any atom is 0.260 e. The first-order chi connectivity index (χ1) is 10.2. The van der Waals surface area contributed by atoms with Crippen LogP contribution >= 0.6 is 0 Å². The molecule has 0 bridgehead atoms. The molecule has 1 saturated heterocycles. The highest BCUT2D eigenvalue weighted by Gasteiger charge is 2.31. The van der Waals surface area contributed by atoms with Crippen molar-refractivity contribution in [1.29, 1.82) is 0 Å². The minimum atomic E-state index is 0.00440. The van der Waals surface area contributed by atoms with E-state index in [9.17, 15) is 4.79 Å². The Morgan fingerprint density at radius 3 is 2.57 bits per heavy atom. The van der Waals surface area contributed by atoms with E-state index in [1.54, 1.807) is 0 Å². The summed E-state index contributed by atoms with van der Waals surface area (Å²) in [7, 11) is 0. The molecule has 0 saturated carbocycles. The quantitative estimate of drug-likeness (QED) is 0.866. The van der Waals surface area contributed by atoms with Crippen LogP contribution in [0.5, 0.6) is 11.5 Å². The number of ether oxygens (including phenoxy) is 2. The molecule has 1 aromatic carbocycles. The molecule has 5 heteroatoms. The molecule has 0 spiro atoms. The van der Waals surface area contributed by atoms with Gasteiger partial charge < -0.3 is 20.1 Å². The van der Waals surface area contributed by atoms with E-state index >= 15 is 0 Å². The standard InChI is InChI=1S/C16H24N2O3/c1-3-20-14-6-4-5-7-15(14)21-11-16(19)18-10-13(9-17)8-12(18)2/h4-7,12-13H,3,8-11,17H2,1-2H3. The van der Waals surface area contributed by atoms with Crippen LogP contribution < -0.4 is 15.2 Å². The monoisotopic (exact) mass is 292 g/mol. The van der Waals surface area contributed by atoms with Gasteiger partial charge in [-0.25, -0.2) is 0 Å². The number of carbonyl (C=O) groups is 1. The number of para-hydroxylation sites is 2. The van der Waals surface area contributed by atoms with Crippen molar-refractivity contribution in [2.24, 2.45) is 11.7 Å². The lowest BCUT2D eigenvalue weighted by atomic mass is 10.1. The smallest absolute Gasteiger partial charge is 0.260 e. The van der Waals surface area contributed by atoms with Crippen LogP contribution in [0, 0.1) is 5.92 Å². The highest BCUT2D eigenvalue weighted by molar-refractivity contribution is 5.78. The molecule has 5 nitrogen and oxygen atoms in total. The van der Waals surface area contributed by atoms with E-state index < -0.39 is 0 Å². The zero-order valence-electron chi connectivity index (χ0n) is 12.7. The molecule has 0 aromatic heterocycles. The number of benzene rings is 1. The summed E-state index contributed by atoms with van der Waals surface area (Å²) < 4.78 is 11.1. The van der Waals surface area contributed by atoms with Crippen LogP contribution in [0.4, 0.5) is 0 Å². The van der Waals surface area contributed by atoms with Crippen LogP contribution in [0.2, 0.25) is 0 Å². The molecule has 116 valence electrons. The van der Waals surface area contributed by atoms with Gasteiger partial charge in [0.1, 0.15) is 0 Å². The summed E-state index contributed by atoms with van der Waals surface area (Å²) in [6.45, 7) is 5.93. The van der Waals surface area contributed by atoms with Crippen molar-refractivity contribution in [3.8, 4) is 11.5 Å². The molecule has 2 N–H and O–H groups in total. The zero-order valence-corrected chi connectivity index (χ0v) is 12.7. The molecule has 1 aliphatic heterocycles. The van der Waals surface area contributed by atoms with Gasteiger partial charge in [0.05, 0.1) is 6.61 Å². The Kier molecular flexibility index (Phi) is 5.44. The predicted molar refractivity (Wildman–Crippen MR) is 81.4 cm³/mol. The first kappa shape index (κ1) is 15.6. The maximum absolute atomic E-state index is 12.3. The predicted octanol–water partition coefficient (Wildman–Crippen LogP) is 1.66. The Morgan fingerprint density at radius 2 is 2.00 bits per heavy atom. The van der Waals surface area contributed by atoms with Gasteiger partial charge in [-0.1, -0.05) is 12.1 Å². The van der Waals surface area contributed by atoms with E-state index in [1.165, 1.54) is 0 Å². The fraction of sp³-hybridized carbons (Fsp3) is 0.562. The first-order valence-corrected chi connectivity index (χ1v) is 7.49. The Hall–Kier alpha value is -1.75. The highest BCUT2D eigenvalue weighted by Crippen LogP contribution is 2.27. The lowest BCUT2D eigenvalue weighted by molar-refractivity contribution is -0.134. The molecule has 1 aliphatic rings. The highest BCUT2D eigenvalue weighted by atomic mass is 16.5. The molecule has 1 aromatic rings. The van der Waals surface area contributed by atoms with Gasteiger partial charge in [0.15, 0.2) is 18.1 Å². The minimum Gasteiger partial charge on any atom is -0.490 e. The molecule has 1 amide bonds. The Bertz CT molecular complexity index is 478. The van der Waals surface area contributed by atoms with Crippen molar-refractivity contribution in [3.05, 3.63) is 24.3 Å². The summed E-state index contributed by atoms with van der Waals surface area (Å²) >= 11 is 0. The molecule has 2 atom stereocenters. The number of amides is 1. The third-order valence-corrected chi connectivity index (χ3v) is 3.82. The van der Waals surface area contributed by atoms with E-state index in [4.69, 9.17) is 15.2 Å². The fourth-order valence-electron chi connectivity index (χ4n) is 2.73. The molecule has 1 heterocycles. The Balaban J connectivity index is 1.92. The van der Waals surface area contributed by atoms with Gasteiger partial charge in [-0.05, 0) is 44.9 Å². The third-order valence-electron chi connectivity index (χ3n) is 3.82. The fourth-order valence-corrected chi connectivity index (χ4v) is 2.73. The first-order valence-electron chi connectivity index (χ1n) is 7.49. The van der Waals surface area contributed by atoms with Gasteiger partial charge in [0, 0.05) is 12.6 Å². The second kappa shape index (κ2) is 7.31. The maximum atomic E-state index is 12.3. The summed E-state index contributed by atoms with van der Waals surface area (Å²) in [5.41, 5.74) is 5.69. The average Bonchev–Trinajstić information content (AvgIpc) is 2.87. The number of hydrogen-bond acceptors (Lipinski definition) is 4. The van der Waals surface area contributed by atoms with Crippen molar-refractivity contribution in [1.82, 2.24) is 4.90 Å². The number of nitrogens with zero attached hydrogens (tertiary/aromatic N) is 1. The molecule has 2 rings (SSSR count). The number of rotatable bonds is 6. The van der Waals surface area contributed by atoms with Gasteiger partial charge in [-0.2, -0.15) is 0 Å². The lowest BCUT2D eigenvalue weighted by Gasteiger charge is -2.22. The van der Waals surface area contributed by atoms with Crippen LogP contribution in [0.15, 0.2) is 24.3 Å². The van der Waals surface area contributed by atoms with Crippen LogP contribution in [-0.2, 0) is 4.79 Å². The zero-order chi connectivity index (χ0) is 15.2. The van der Waals surface area contributed by atoms with Gasteiger partial charge in [0.25, 0.3) is 5.91 Å². The SMILES string of the molecule is CCOc1ccccc1OCC(=O)N1CC(CN)CC1C. The molecular formula is C16H24N2O3. The van der Waals surface area contributed by atoms with E-state index in [2.05, 4.69) is 6.92 Å². The van der Waals surface area contributed by atoms with Gasteiger partial charge in [-0.15, -0.1) is 0 Å². The summed E-state index contributed by atoms with van der Waals surface area (Å²) in [6.07, 6.45) is 0.970. The summed E-state index contributed by atoms with van der Waals surface area (Å²) in [5, 5.41) is 0.